The highest BCUT2D eigenvalue weighted by Crippen LogP contribution is 2.41. The number of benzene rings is 1. The Kier molecular flexibility index (Phi) is 3.39. The topological polar surface area (TPSA) is 34.2 Å². The maximum Gasteiger partial charge on any atom is 0.250 e. The zero-order valence-corrected chi connectivity index (χ0v) is 13.6. The zero-order chi connectivity index (χ0) is 14.3. The average Bonchev–Trinajstić information content (AvgIpc) is 2.72. The molecule has 1 aromatic heterocycles. The predicted octanol–water partition coefficient (Wildman–Crippen LogP) is 4.56. The van der Waals surface area contributed by atoms with Crippen molar-refractivity contribution in [3.63, 3.8) is 0 Å². The van der Waals surface area contributed by atoms with Gasteiger partial charge in [0.1, 0.15) is 5.75 Å². The maximum atomic E-state index is 6.36. The van der Waals surface area contributed by atoms with Crippen molar-refractivity contribution in [1.29, 1.82) is 0 Å². The largest absolute Gasteiger partial charge is 0.541 e. The Morgan fingerprint density at radius 2 is 1.79 bits per heavy atom. The van der Waals surface area contributed by atoms with Gasteiger partial charge in [-0.15, -0.1) is 0 Å². The lowest BCUT2D eigenvalue weighted by atomic mass is 10.2. The maximum absolute atomic E-state index is 6.36. The minimum Gasteiger partial charge on any atom is -0.541 e. The van der Waals surface area contributed by atoms with Crippen LogP contribution in [0, 0.1) is 0 Å². The monoisotopic (exact) mass is 277 g/mol. The summed E-state index contributed by atoms with van der Waals surface area (Å²) in [5, 5.41) is 1.31. The molecular formula is C15H23NO2Si. The van der Waals surface area contributed by atoms with Crippen molar-refractivity contribution in [3.05, 3.63) is 24.4 Å². The summed E-state index contributed by atoms with van der Waals surface area (Å²) < 4.78 is 11.8. The number of rotatable bonds is 3. The van der Waals surface area contributed by atoms with E-state index < -0.39 is 8.32 Å². The summed E-state index contributed by atoms with van der Waals surface area (Å²) in [6, 6.07) is 6.09. The second-order valence-corrected chi connectivity index (χ2v) is 11.2. The van der Waals surface area contributed by atoms with Crippen molar-refractivity contribution in [3.8, 4) is 11.5 Å². The quantitative estimate of drug-likeness (QED) is 0.834. The zero-order valence-electron chi connectivity index (χ0n) is 12.6. The molecule has 104 valence electrons. The molecule has 4 heteroatoms. The van der Waals surface area contributed by atoms with Crippen LogP contribution in [0.25, 0.3) is 10.9 Å². The van der Waals surface area contributed by atoms with Crippen molar-refractivity contribution < 1.29 is 9.16 Å². The molecule has 0 atom stereocenters. The van der Waals surface area contributed by atoms with Gasteiger partial charge >= 0.3 is 0 Å². The van der Waals surface area contributed by atoms with E-state index in [1.165, 1.54) is 0 Å². The smallest absolute Gasteiger partial charge is 0.250 e. The van der Waals surface area contributed by atoms with Gasteiger partial charge in [-0.05, 0) is 30.3 Å². The van der Waals surface area contributed by atoms with Gasteiger partial charge in [0, 0.05) is 23.2 Å². The number of hydrogen-bond acceptors (Lipinski definition) is 2. The molecule has 1 N–H and O–H groups in total. The van der Waals surface area contributed by atoms with Crippen LogP contribution in [-0.4, -0.2) is 20.4 Å². The lowest BCUT2D eigenvalue weighted by Crippen LogP contribution is -2.43. The molecule has 0 aliphatic rings. The van der Waals surface area contributed by atoms with Crippen LogP contribution in [0.2, 0.25) is 18.1 Å². The van der Waals surface area contributed by atoms with E-state index in [2.05, 4.69) is 38.8 Å². The van der Waals surface area contributed by atoms with E-state index in [0.717, 1.165) is 22.4 Å². The number of methoxy groups -OCH3 is 1. The van der Waals surface area contributed by atoms with Gasteiger partial charge in [-0.3, -0.25) is 0 Å². The molecule has 0 saturated carbocycles. The van der Waals surface area contributed by atoms with Crippen LogP contribution in [0.4, 0.5) is 0 Å². The normalized spacial score (nSPS) is 12.7. The van der Waals surface area contributed by atoms with Crippen molar-refractivity contribution in [2.24, 2.45) is 0 Å². The number of aromatic nitrogens is 1. The molecule has 3 nitrogen and oxygen atoms in total. The predicted molar refractivity (Wildman–Crippen MR) is 82.7 cm³/mol. The molecule has 0 amide bonds. The van der Waals surface area contributed by atoms with Crippen LogP contribution in [0.15, 0.2) is 24.4 Å². The highest BCUT2D eigenvalue weighted by Gasteiger charge is 2.39. The molecular weight excluding hydrogens is 254 g/mol. The van der Waals surface area contributed by atoms with E-state index in [9.17, 15) is 0 Å². The average molecular weight is 277 g/mol. The summed E-state index contributed by atoms with van der Waals surface area (Å²) in [7, 11) is -0.167. The second kappa shape index (κ2) is 4.60. The van der Waals surface area contributed by atoms with Gasteiger partial charge in [0.2, 0.25) is 0 Å². The lowest BCUT2D eigenvalue weighted by Gasteiger charge is -2.36. The van der Waals surface area contributed by atoms with Gasteiger partial charge in [0.15, 0.2) is 5.75 Å². The minimum absolute atomic E-state index is 0.169. The standard InChI is InChI=1S/C15H23NO2Si/c1-15(2,3)19(5,6)18-14-10-12-11(7-8-16-12)9-13(14)17-4/h7-10,16H,1-6H3. The van der Waals surface area contributed by atoms with Gasteiger partial charge in [-0.1, -0.05) is 20.8 Å². The molecule has 0 aliphatic carbocycles. The van der Waals surface area contributed by atoms with Crippen molar-refractivity contribution in [1.82, 2.24) is 4.98 Å². The Morgan fingerprint density at radius 3 is 2.37 bits per heavy atom. The summed E-state index contributed by atoms with van der Waals surface area (Å²) in [6.45, 7) is 11.2. The Morgan fingerprint density at radius 1 is 1.11 bits per heavy atom. The summed E-state index contributed by atoms with van der Waals surface area (Å²) in [5.41, 5.74) is 1.08. The van der Waals surface area contributed by atoms with Gasteiger partial charge in [0.25, 0.3) is 8.32 Å². The Bertz CT molecular complexity index is 581. The van der Waals surface area contributed by atoms with Gasteiger partial charge in [0.05, 0.1) is 7.11 Å². The Balaban J connectivity index is 2.44. The first-order valence-corrected chi connectivity index (χ1v) is 9.49. The molecule has 0 aliphatic heterocycles. The third-order valence-electron chi connectivity index (χ3n) is 4.01. The molecule has 0 unspecified atom stereocenters. The van der Waals surface area contributed by atoms with E-state index >= 15 is 0 Å². The number of hydrogen-bond donors (Lipinski definition) is 1. The first-order chi connectivity index (χ1) is 8.74. The van der Waals surface area contributed by atoms with Crippen LogP contribution in [0.1, 0.15) is 20.8 Å². The minimum atomic E-state index is -1.85. The molecule has 1 aromatic carbocycles. The third kappa shape index (κ3) is 2.63. The van der Waals surface area contributed by atoms with Gasteiger partial charge in [-0.25, -0.2) is 0 Å². The SMILES string of the molecule is COc1cc2cc[nH]c2cc1O[Si](C)(C)C(C)(C)C. The van der Waals surface area contributed by atoms with Gasteiger partial charge < -0.3 is 14.1 Å². The fourth-order valence-corrected chi connectivity index (χ4v) is 2.74. The Hall–Kier alpha value is -1.42. The molecule has 1 heterocycles. The number of aromatic amines is 1. The molecule has 0 spiro atoms. The van der Waals surface area contributed by atoms with E-state index in [1.807, 2.05) is 24.4 Å². The van der Waals surface area contributed by atoms with Crippen molar-refractivity contribution >= 4 is 19.2 Å². The summed E-state index contributed by atoms with van der Waals surface area (Å²) in [4.78, 5) is 3.22. The first-order valence-electron chi connectivity index (χ1n) is 6.59. The van der Waals surface area contributed by atoms with Crippen LogP contribution in [0.3, 0.4) is 0 Å². The van der Waals surface area contributed by atoms with Crippen LogP contribution in [0.5, 0.6) is 11.5 Å². The number of fused-ring (bicyclic) bond motifs is 1. The lowest BCUT2D eigenvalue weighted by molar-refractivity contribution is 0.386. The van der Waals surface area contributed by atoms with E-state index in [-0.39, 0.29) is 5.04 Å². The summed E-state index contributed by atoms with van der Waals surface area (Å²) in [6.07, 6.45) is 1.93. The van der Waals surface area contributed by atoms with Crippen LogP contribution in [-0.2, 0) is 0 Å². The fraction of sp³-hybridized carbons (Fsp3) is 0.467. The van der Waals surface area contributed by atoms with E-state index in [0.29, 0.717) is 0 Å². The highest BCUT2D eigenvalue weighted by atomic mass is 28.4. The van der Waals surface area contributed by atoms with E-state index in [4.69, 9.17) is 9.16 Å². The van der Waals surface area contributed by atoms with Crippen LogP contribution >= 0.6 is 0 Å². The molecule has 2 aromatic rings. The molecule has 0 bridgehead atoms. The Labute approximate surface area is 116 Å². The van der Waals surface area contributed by atoms with Gasteiger partial charge in [-0.2, -0.15) is 0 Å². The molecule has 2 rings (SSSR count). The number of nitrogens with one attached hydrogen (secondary N) is 1. The number of ether oxygens (including phenoxy) is 1. The highest BCUT2D eigenvalue weighted by molar-refractivity contribution is 6.74. The molecule has 0 radical (unpaired) electrons. The fourth-order valence-electron chi connectivity index (χ4n) is 1.73. The van der Waals surface area contributed by atoms with Crippen LogP contribution < -0.4 is 9.16 Å². The third-order valence-corrected chi connectivity index (χ3v) is 8.35. The van der Waals surface area contributed by atoms with Crippen molar-refractivity contribution in [2.75, 3.05) is 7.11 Å². The number of H-pyrrole nitrogens is 1. The second-order valence-electron chi connectivity index (χ2n) is 6.43. The summed E-state index contributed by atoms with van der Waals surface area (Å²) >= 11 is 0. The summed E-state index contributed by atoms with van der Waals surface area (Å²) in [5.74, 6) is 1.64. The van der Waals surface area contributed by atoms with Crippen molar-refractivity contribution in [2.45, 2.75) is 38.9 Å². The van der Waals surface area contributed by atoms with E-state index in [1.54, 1.807) is 7.11 Å². The molecule has 0 fully saturated rings. The molecule has 19 heavy (non-hydrogen) atoms. The molecule has 0 saturated heterocycles. The first kappa shape index (κ1) is 14.0.